The molecule has 0 unspecified atom stereocenters. The predicted molar refractivity (Wildman–Crippen MR) is 104 cm³/mol. The van der Waals surface area contributed by atoms with Crippen LogP contribution in [0.2, 0.25) is 5.02 Å². The largest absolute Gasteiger partial charge is 0.696 e. The molecule has 0 saturated carbocycles. The third kappa shape index (κ3) is 4.35. The molecule has 0 radical (unpaired) electrons. The van der Waals surface area contributed by atoms with Crippen molar-refractivity contribution in [2.45, 2.75) is 31.8 Å². The molecule has 2 aromatic rings. The van der Waals surface area contributed by atoms with E-state index < -0.39 is 12.4 Å². The molecule has 1 aromatic heterocycles. The number of piperidine rings is 1. The van der Waals surface area contributed by atoms with Gasteiger partial charge < -0.3 is 24.8 Å². The minimum absolute atomic E-state index is 0.0328. The van der Waals surface area contributed by atoms with Crippen LogP contribution in [0.15, 0.2) is 24.4 Å². The molecule has 30 heavy (non-hydrogen) atoms. The minimum atomic E-state index is -3.03. The van der Waals surface area contributed by atoms with Gasteiger partial charge in [0.1, 0.15) is 12.3 Å². The Labute approximate surface area is 176 Å². The maximum absolute atomic E-state index is 12.7. The summed E-state index contributed by atoms with van der Waals surface area (Å²) in [4.78, 5) is 14.4. The van der Waals surface area contributed by atoms with Gasteiger partial charge in [0, 0.05) is 42.7 Å². The van der Waals surface area contributed by atoms with Crippen molar-refractivity contribution in [1.29, 1.82) is 0 Å². The lowest BCUT2D eigenvalue weighted by Gasteiger charge is -2.37. The van der Waals surface area contributed by atoms with Crippen LogP contribution in [-0.2, 0) is 20.8 Å². The Bertz CT molecular complexity index is 923. The highest BCUT2D eigenvalue weighted by molar-refractivity contribution is 6.31. The first-order valence-corrected chi connectivity index (χ1v) is 9.82. The molecule has 4 rings (SSSR count). The Kier molecular flexibility index (Phi) is 5.81. The zero-order valence-electron chi connectivity index (χ0n) is 15.9. The van der Waals surface area contributed by atoms with Crippen molar-refractivity contribution in [2.24, 2.45) is 0 Å². The number of halogens is 3. The van der Waals surface area contributed by atoms with Crippen molar-refractivity contribution in [3.63, 3.8) is 0 Å². The molecule has 1 amide bonds. The smallest absolute Gasteiger partial charge is 0.387 e. The summed E-state index contributed by atoms with van der Waals surface area (Å²) in [6.45, 7) is -0.971. The first kappa shape index (κ1) is 20.8. The van der Waals surface area contributed by atoms with Crippen molar-refractivity contribution in [3.8, 4) is 17.0 Å². The van der Waals surface area contributed by atoms with Gasteiger partial charge in [0.25, 0.3) is 0 Å². The summed E-state index contributed by atoms with van der Waals surface area (Å²) < 4.78 is 42.6. The second-order valence-electron chi connectivity index (χ2n) is 7.10. The highest BCUT2D eigenvalue weighted by atomic mass is 35.5. The molecule has 11 heteroatoms. The van der Waals surface area contributed by atoms with Gasteiger partial charge in [-0.05, 0) is 18.2 Å². The summed E-state index contributed by atoms with van der Waals surface area (Å²) in [6, 6.07) is 4.11. The average Bonchev–Trinajstić information content (AvgIpc) is 3.30. The van der Waals surface area contributed by atoms with Crippen molar-refractivity contribution < 1.29 is 27.8 Å². The number of hydrogen-bond donors (Lipinski definition) is 0. The molecule has 1 N–H and O–H groups in total. The first-order chi connectivity index (χ1) is 14.3. The average molecular weight is 442 g/mol. The number of carbonyl (C=O) groups is 1. The number of alkyl halides is 2. The quantitative estimate of drug-likeness (QED) is 0.703. The van der Waals surface area contributed by atoms with E-state index in [1.54, 1.807) is 4.90 Å². The van der Waals surface area contributed by atoms with E-state index in [0.29, 0.717) is 39.1 Å². The summed E-state index contributed by atoms with van der Waals surface area (Å²) in [7, 11) is 0. The number of amides is 1. The first-order valence-electron chi connectivity index (χ1n) is 9.45. The maximum atomic E-state index is 12.7. The van der Waals surface area contributed by atoms with Crippen LogP contribution < -0.4 is 4.74 Å². The summed E-state index contributed by atoms with van der Waals surface area (Å²) in [5, 5.41) is 4.53. The van der Waals surface area contributed by atoms with Gasteiger partial charge in [0.15, 0.2) is 5.79 Å². The van der Waals surface area contributed by atoms with Crippen LogP contribution >= 0.6 is 11.6 Å². The van der Waals surface area contributed by atoms with Crippen molar-refractivity contribution in [2.75, 3.05) is 26.3 Å². The van der Waals surface area contributed by atoms with Crippen LogP contribution in [0.1, 0.15) is 12.8 Å². The molecule has 2 fully saturated rings. The number of nitrogens with zero attached hydrogens (tertiary/aromatic N) is 3. The fraction of sp³-hybridized carbons (Fsp3) is 0.474. The number of aromatic nitrogens is 2. The van der Waals surface area contributed by atoms with Gasteiger partial charge in [-0.2, -0.15) is 13.9 Å². The fourth-order valence-electron chi connectivity index (χ4n) is 3.71. The second-order valence-corrected chi connectivity index (χ2v) is 7.53. The Morgan fingerprint density at radius 2 is 2.00 bits per heavy atom. The third-order valence-corrected chi connectivity index (χ3v) is 5.40. The number of likely N-dealkylation sites (tertiary alicyclic amines) is 1. The van der Waals surface area contributed by atoms with Gasteiger partial charge in [-0.25, -0.2) is 0 Å². The van der Waals surface area contributed by atoms with Gasteiger partial charge in [0.2, 0.25) is 5.91 Å². The van der Waals surface area contributed by atoms with Crippen LogP contribution in [0.4, 0.5) is 14.5 Å². The lowest BCUT2D eigenvalue weighted by molar-refractivity contribution is -0.187. The molecule has 8 nitrogen and oxygen atoms in total. The molecule has 162 valence electrons. The Morgan fingerprint density at radius 1 is 1.30 bits per heavy atom. The van der Waals surface area contributed by atoms with Crippen LogP contribution in [0.3, 0.4) is 0 Å². The monoisotopic (exact) mass is 441 g/mol. The predicted octanol–water partition coefficient (Wildman–Crippen LogP) is 3.85. The van der Waals surface area contributed by atoms with E-state index in [-0.39, 0.29) is 40.2 Å². The van der Waals surface area contributed by atoms with Crippen LogP contribution in [0, 0.1) is 0 Å². The van der Waals surface area contributed by atoms with E-state index in [4.69, 9.17) is 26.8 Å². The highest BCUT2D eigenvalue weighted by Gasteiger charge is 2.40. The lowest BCUT2D eigenvalue weighted by Crippen LogP contribution is -2.48. The highest BCUT2D eigenvalue weighted by Crippen LogP contribution is 2.37. The molecule has 2 aliphatic rings. The van der Waals surface area contributed by atoms with E-state index in [1.165, 1.54) is 29.1 Å². The van der Waals surface area contributed by atoms with Crippen LogP contribution in [-0.4, -0.2) is 59.3 Å². The number of hydrogen-bond acceptors (Lipinski definition) is 5. The van der Waals surface area contributed by atoms with E-state index >= 15 is 0 Å². The van der Waals surface area contributed by atoms with Gasteiger partial charge >= 0.3 is 6.61 Å². The standard InChI is InChI=1S/C19H20ClF2N4O4/c20-12-1-2-15(30-18(21)22)13(9-12)17-14(23)10-26(24-17)11-16(27)25-5-3-19(4-6-25)28-7-8-29-19/h1-2,9-10,18,23H,3-8,11H2/q-1. The lowest BCUT2D eigenvalue weighted by atomic mass is 10.0. The third-order valence-electron chi connectivity index (χ3n) is 5.16. The SMILES string of the molecule is [NH-]c1cn(CC(=O)N2CCC3(CC2)OCCO3)nc1-c1cc(Cl)ccc1OC(F)F. The Hall–Kier alpha value is -2.43. The summed E-state index contributed by atoms with van der Waals surface area (Å²) in [5.41, 5.74) is 8.38. The summed E-state index contributed by atoms with van der Waals surface area (Å²) in [5.74, 6) is -0.873. The van der Waals surface area contributed by atoms with Gasteiger partial charge in [-0.15, -0.1) is 0 Å². The zero-order chi connectivity index (χ0) is 21.3. The maximum Gasteiger partial charge on any atom is 0.387 e. The molecular formula is C19H20ClF2N4O4-. The molecular weight excluding hydrogens is 422 g/mol. The van der Waals surface area contributed by atoms with Gasteiger partial charge in [-0.3, -0.25) is 9.48 Å². The summed E-state index contributed by atoms with van der Waals surface area (Å²) >= 11 is 5.98. The van der Waals surface area contributed by atoms with Crippen LogP contribution in [0.25, 0.3) is 17.0 Å². The Morgan fingerprint density at radius 3 is 2.67 bits per heavy atom. The number of ether oxygens (including phenoxy) is 3. The molecule has 1 aromatic carbocycles. The summed E-state index contributed by atoms with van der Waals surface area (Å²) in [6.07, 6.45) is 2.57. The molecule has 2 aliphatic heterocycles. The molecule has 0 aliphatic carbocycles. The number of carbonyl (C=O) groups excluding carboxylic acids is 1. The number of benzene rings is 1. The molecule has 0 atom stereocenters. The topological polar surface area (TPSA) is 89.6 Å². The van der Waals surface area contributed by atoms with Crippen molar-refractivity contribution in [3.05, 3.63) is 35.2 Å². The van der Waals surface area contributed by atoms with E-state index in [9.17, 15) is 13.6 Å². The Balaban J connectivity index is 1.47. The second kappa shape index (κ2) is 8.37. The van der Waals surface area contributed by atoms with Crippen LogP contribution in [0.5, 0.6) is 5.75 Å². The normalized spacial score (nSPS) is 18.3. The number of rotatable bonds is 5. The van der Waals surface area contributed by atoms with E-state index in [1.807, 2.05) is 0 Å². The fourth-order valence-corrected chi connectivity index (χ4v) is 3.88. The molecule has 3 heterocycles. The minimum Gasteiger partial charge on any atom is -0.696 e. The molecule has 2 saturated heterocycles. The zero-order valence-corrected chi connectivity index (χ0v) is 16.7. The van der Waals surface area contributed by atoms with Gasteiger partial charge in [-0.1, -0.05) is 17.3 Å². The van der Waals surface area contributed by atoms with E-state index in [2.05, 4.69) is 9.84 Å². The number of nitrogens with one attached hydrogen (secondary N) is 1. The van der Waals surface area contributed by atoms with Gasteiger partial charge in [0.05, 0.1) is 18.9 Å². The molecule has 0 bridgehead atoms. The van der Waals surface area contributed by atoms with Crippen molar-refractivity contribution in [1.82, 2.24) is 14.7 Å². The molecule has 1 spiro atoms. The van der Waals surface area contributed by atoms with Crippen molar-refractivity contribution >= 4 is 23.2 Å². The van der Waals surface area contributed by atoms with E-state index in [0.717, 1.165) is 0 Å².